The molecule has 0 aromatic heterocycles. The maximum atomic E-state index is 13.3. The van der Waals surface area contributed by atoms with E-state index in [1.165, 1.54) is 10.8 Å². The Morgan fingerprint density at radius 3 is 1.36 bits per heavy atom. The maximum Gasteiger partial charge on any atom is 0.316 e. The average Bonchev–Trinajstić information content (AvgIpc) is 3.24. The standard InChI is InChI=1S/C48H49N2O2Si/c1-31(2)53(32(3)4,33(5)6)26-25-41-44-29-38-17-13-11-15-36(38)27-42(44)40(43-28-37-16-12-14-18-39(37)30-45(41)43)24-21-34-19-22-35(23-20-34)46-49(51)47(7,8)48(9,10)50(46)52/h11-20,22-23,27-33H,1-10H3. The molecule has 5 heteroatoms. The first-order chi connectivity index (χ1) is 25.1. The van der Waals surface area contributed by atoms with Gasteiger partial charge in [-0.15, -0.1) is 5.54 Å². The number of hydrogen-bond acceptors (Lipinski definition) is 2. The third-order valence-electron chi connectivity index (χ3n) is 12.5. The monoisotopic (exact) mass is 713 g/mol. The van der Waals surface area contributed by atoms with E-state index in [0.29, 0.717) is 22.2 Å². The van der Waals surface area contributed by atoms with Gasteiger partial charge in [-0.05, 0) is 136 Å². The Labute approximate surface area is 315 Å². The number of benzene rings is 6. The van der Waals surface area contributed by atoms with Gasteiger partial charge in [0.15, 0.2) is 5.54 Å². The summed E-state index contributed by atoms with van der Waals surface area (Å²) in [6, 6.07) is 33.7. The molecule has 267 valence electrons. The molecule has 0 amide bonds. The predicted molar refractivity (Wildman–Crippen MR) is 225 cm³/mol. The zero-order chi connectivity index (χ0) is 38.0. The van der Waals surface area contributed by atoms with Crippen molar-refractivity contribution in [2.45, 2.75) is 96.9 Å². The van der Waals surface area contributed by atoms with Crippen molar-refractivity contribution in [3.63, 3.8) is 0 Å². The first-order valence-corrected chi connectivity index (χ1v) is 21.1. The van der Waals surface area contributed by atoms with Gasteiger partial charge in [-0.3, -0.25) is 4.74 Å². The SMILES string of the molecule is CC(C)[Si](C#Cc1c2cc3ccccc3cc2c(C#Cc2ccc(C3=[N+]([O-])C(C)(C)C(C)(C)N3[O])cc2)c2cc3ccccc3cc12)(C(C)C)C(C)C. The van der Waals surface area contributed by atoms with Crippen LogP contribution in [0, 0.1) is 28.5 Å². The molecule has 0 bridgehead atoms. The Morgan fingerprint density at radius 1 is 0.604 bits per heavy atom. The van der Waals surface area contributed by atoms with E-state index in [2.05, 4.69) is 138 Å². The van der Waals surface area contributed by atoms with Crippen molar-refractivity contribution in [1.82, 2.24) is 5.06 Å². The fraction of sp³-hybridized carbons (Fsp3) is 0.312. The predicted octanol–water partition coefficient (Wildman–Crippen LogP) is 11.7. The van der Waals surface area contributed by atoms with Crippen LogP contribution < -0.4 is 0 Å². The van der Waals surface area contributed by atoms with Gasteiger partial charge in [0.05, 0.1) is 5.56 Å². The van der Waals surface area contributed by atoms with Crippen LogP contribution in [0.15, 0.2) is 97.1 Å². The van der Waals surface area contributed by atoms with Gasteiger partial charge in [0, 0.05) is 21.9 Å². The Bertz CT molecular complexity index is 2470. The van der Waals surface area contributed by atoms with Crippen LogP contribution in [0.3, 0.4) is 0 Å². The quantitative estimate of drug-likeness (QED) is 0.0600. The summed E-state index contributed by atoms with van der Waals surface area (Å²) in [5, 5.41) is 36.6. The third kappa shape index (κ3) is 5.70. The van der Waals surface area contributed by atoms with Crippen LogP contribution in [-0.2, 0) is 5.21 Å². The zero-order valence-electron chi connectivity index (χ0n) is 32.7. The molecule has 1 radical (unpaired) electrons. The summed E-state index contributed by atoms with van der Waals surface area (Å²) in [5.41, 5.74) is 7.27. The summed E-state index contributed by atoms with van der Waals surface area (Å²) in [7, 11) is -2.04. The maximum absolute atomic E-state index is 13.3. The molecule has 0 atom stereocenters. The van der Waals surface area contributed by atoms with Gasteiger partial charge >= 0.3 is 5.84 Å². The van der Waals surface area contributed by atoms with Crippen molar-refractivity contribution in [2.75, 3.05) is 0 Å². The topological polar surface area (TPSA) is 49.2 Å². The molecule has 0 saturated heterocycles. The van der Waals surface area contributed by atoms with Crippen LogP contribution in [0.5, 0.6) is 0 Å². The molecule has 4 nitrogen and oxygen atoms in total. The van der Waals surface area contributed by atoms with Crippen molar-refractivity contribution < 1.29 is 9.95 Å². The lowest BCUT2D eigenvalue weighted by atomic mass is 9.84. The van der Waals surface area contributed by atoms with Crippen molar-refractivity contribution in [1.29, 1.82) is 0 Å². The molecule has 1 aliphatic rings. The first-order valence-electron chi connectivity index (χ1n) is 18.9. The Balaban J connectivity index is 1.49. The number of amidine groups is 1. The summed E-state index contributed by atoms with van der Waals surface area (Å²) >= 11 is 0. The molecule has 53 heavy (non-hydrogen) atoms. The van der Waals surface area contributed by atoms with E-state index in [-0.39, 0.29) is 5.84 Å². The van der Waals surface area contributed by atoms with E-state index in [1.54, 1.807) is 0 Å². The van der Waals surface area contributed by atoms with Gasteiger partial charge in [-0.1, -0.05) is 113 Å². The highest BCUT2D eigenvalue weighted by Crippen LogP contribution is 2.42. The minimum absolute atomic E-state index is 0.131. The van der Waals surface area contributed by atoms with Crippen LogP contribution in [0.1, 0.15) is 91.5 Å². The summed E-state index contributed by atoms with van der Waals surface area (Å²) in [6.45, 7) is 21.4. The highest BCUT2D eigenvalue weighted by molar-refractivity contribution is 6.90. The Hall–Kier alpha value is -5.07. The van der Waals surface area contributed by atoms with E-state index < -0.39 is 19.2 Å². The number of fused-ring (bicyclic) bond motifs is 4. The average molecular weight is 714 g/mol. The second-order valence-electron chi connectivity index (χ2n) is 16.7. The smallest absolute Gasteiger partial charge is 0.316 e. The molecule has 6 aromatic rings. The molecule has 6 aromatic carbocycles. The molecule has 1 aliphatic heterocycles. The Kier molecular flexibility index (Phi) is 8.97. The highest BCUT2D eigenvalue weighted by atomic mass is 28.3. The summed E-state index contributed by atoms with van der Waals surface area (Å²) in [6.07, 6.45) is 0. The molecular formula is C48H49N2O2Si. The van der Waals surface area contributed by atoms with Crippen molar-refractivity contribution in [2.24, 2.45) is 0 Å². The van der Waals surface area contributed by atoms with E-state index in [9.17, 15) is 10.4 Å². The minimum atomic E-state index is -2.04. The van der Waals surface area contributed by atoms with Crippen LogP contribution in [0.2, 0.25) is 16.6 Å². The highest BCUT2D eigenvalue weighted by Gasteiger charge is 2.59. The van der Waals surface area contributed by atoms with Crippen LogP contribution >= 0.6 is 0 Å². The summed E-state index contributed by atoms with van der Waals surface area (Å²) in [4.78, 5) is 0. The molecule has 0 N–H and O–H groups in total. The van der Waals surface area contributed by atoms with E-state index in [4.69, 9.17) is 0 Å². The Morgan fingerprint density at radius 2 is 1.00 bits per heavy atom. The minimum Gasteiger partial charge on any atom is -0.714 e. The zero-order valence-corrected chi connectivity index (χ0v) is 33.7. The lowest BCUT2D eigenvalue weighted by Gasteiger charge is -2.38. The summed E-state index contributed by atoms with van der Waals surface area (Å²) in [5.74, 6) is 11.1. The molecule has 0 spiro atoms. The lowest BCUT2D eigenvalue weighted by molar-refractivity contribution is -0.539. The van der Waals surface area contributed by atoms with Crippen LogP contribution in [0.25, 0.3) is 43.1 Å². The number of hydrogen-bond donors (Lipinski definition) is 0. The first kappa shape index (κ1) is 36.3. The second kappa shape index (κ2) is 13.1. The third-order valence-corrected chi connectivity index (χ3v) is 18.8. The number of rotatable bonds is 4. The molecule has 0 unspecified atom stereocenters. The van der Waals surface area contributed by atoms with E-state index >= 15 is 0 Å². The van der Waals surface area contributed by atoms with Gasteiger partial charge in [0.1, 0.15) is 13.6 Å². The second-order valence-corrected chi connectivity index (χ2v) is 22.3. The fourth-order valence-corrected chi connectivity index (χ4v) is 13.9. The largest absolute Gasteiger partial charge is 0.714 e. The van der Waals surface area contributed by atoms with E-state index in [1.807, 2.05) is 52.0 Å². The molecule has 7 rings (SSSR count). The van der Waals surface area contributed by atoms with Gasteiger partial charge in [-0.2, -0.15) is 0 Å². The van der Waals surface area contributed by atoms with E-state index in [0.717, 1.165) is 58.8 Å². The molecule has 0 fully saturated rings. The fourth-order valence-electron chi connectivity index (χ4n) is 8.65. The van der Waals surface area contributed by atoms with Crippen molar-refractivity contribution >= 4 is 57.0 Å². The van der Waals surface area contributed by atoms with Crippen molar-refractivity contribution in [3.8, 4) is 23.3 Å². The van der Waals surface area contributed by atoms with Crippen LogP contribution in [-0.4, -0.2) is 34.8 Å². The van der Waals surface area contributed by atoms with Crippen molar-refractivity contribution in [3.05, 3.63) is 125 Å². The number of hydroxylamine groups is 3. The van der Waals surface area contributed by atoms with Gasteiger partial charge in [-0.25, -0.2) is 0 Å². The lowest BCUT2D eigenvalue weighted by Crippen LogP contribution is -2.53. The van der Waals surface area contributed by atoms with Crippen LogP contribution in [0.4, 0.5) is 0 Å². The van der Waals surface area contributed by atoms with Gasteiger partial charge in [0.25, 0.3) is 0 Å². The van der Waals surface area contributed by atoms with Gasteiger partial charge in [0.2, 0.25) is 0 Å². The molecule has 0 aliphatic carbocycles. The number of nitrogens with zero attached hydrogens (tertiary/aromatic N) is 2. The molecule has 0 saturated carbocycles. The molecule has 1 heterocycles. The summed E-state index contributed by atoms with van der Waals surface area (Å²) < 4.78 is 0.855. The molecular weight excluding hydrogens is 665 g/mol. The normalized spacial score (nSPS) is 15.5. The van der Waals surface area contributed by atoms with Gasteiger partial charge < -0.3 is 5.21 Å².